The number of rotatable bonds is 3. The highest BCUT2D eigenvalue weighted by Crippen LogP contribution is 2.17. The fourth-order valence-electron chi connectivity index (χ4n) is 2.06. The summed E-state index contributed by atoms with van der Waals surface area (Å²) in [5, 5.41) is 9.20. The Morgan fingerprint density at radius 3 is 2.89 bits per heavy atom. The molecule has 2 aromatic heterocycles. The predicted molar refractivity (Wildman–Crippen MR) is 81.0 cm³/mol. The van der Waals surface area contributed by atoms with Gasteiger partial charge in [0.05, 0.1) is 0 Å². The molecule has 0 unspecified atom stereocenters. The molecule has 0 bridgehead atoms. The van der Waals surface area contributed by atoms with Crippen molar-refractivity contribution in [3.63, 3.8) is 0 Å². The molecule has 0 radical (unpaired) electrons. The number of aromatic amines is 1. The molecule has 4 heteroatoms. The zero-order valence-electron chi connectivity index (χ0n) is 10.6. The van der Waals surface area contributed by atoms with Crippen molar-refractivity contribution in [3.8, 4) is 0 Å². The normalized spacial score (nSPS) is 10.8. The van der Waals surface area contributed by atoms with Gasteiger partial charge in [0.25, 0.3) is 5.56 Å². The molecule has 0 saturated carbocycles. The number of thiophene rings is 1. The lowest BCUT2D eigenvalue weighted by Gasteiger charge is -2.07. The summed E-state index contributed by atoms with van der Waals surface area (Å²) in [6.07, 6.45) is 0. The summed E-state index contributed by atoms with van der Waals surface area (Å²) in [6.45, 7) is 2.82. The van der Waals surface area contributed by atoms with Crippen molar-refractivity contribution in [2.45, 2.75) is 13.5 Å². The van der Waals surface area contributed by atoms with Crippen LogP contribution in [0.2, 0.25) is 0 Å². The molecule has 0 atom stereocenters. The minimum atomic E-state index is -0.0531. The average molecular weight is 270 g/mol. The molecular formula is C15H14N2OS. The molecular weight excluding hydrogens is 256 g/mol. The fraction of sp³-hybridized carbons (Fsp3) is 0.133. The quantitative estimate of drug-likeness (QED) is 0.765. The Hall–Kier alpha value is -2.07. The Labute approximate surface area is 114 Å². The van der Waals surface area contributed by atoms with Crippen molar-refractivity contribution in [2.75, 3.05) is 5.32 Å². The van der Waals surface area contributed by atoms with Gasteiger partial charge in [-0.1, -0.05) is 18.2 Å². The Kier molecular flexibility index (Phi) is 3.09. The van der Waals surface area contributed by atoms with E-state index >= 15 is 0 Å². The number of H-pyrrole nitrogens is 1. The van der Waals surface area contributed by atoms with E-state index in [1.807, 2.05) is 30.3 Å². The topological polar surface area (TPSA) is 44.9 Å². The van der Waals surface area contributed by atoms with Crippen molar-refractivity contribution >= 4 is 27.9 Å². The van der Waals surface area contributed by atoms with Crippen LogP contribution >= 0.6 is 11.3 Å². The number of hydrogen-bond donors (Lipinski definition) is 2. The first-order valence-electron chi connectivity index (χ1n) is 6.11. The lowest BCUT2D eigenvalue weighted by molar-refractivity contribution is 1.10. The zero-order valence-corrected chi connectivity index (χ0v) is 11.4. The highest BCUT2D eigenvalue weighted by Gasteiger charge is 2.02. The van der Waals surface area contributed by atoms with E-state index in [1.165, 1.54) is 11.1 Å². The third kappa shape index (κ3) is 2.39. The van der Waals surface area contributed by atoms with Crippen LogP contribution in [0.4, 0.5) is 5.82 Å². The molecule has 1 aromatic carbocycles. The van der Waals surface area contributed by atoms with Crippen LogP contribution in [0.15, 0.2) is 45.9 Å². The lowest BCUT2D eigenvalue weighted by atomic mass is 10.2. The number of fused-ring (bicyclic) bond motifs is 1. The maximum Gasteiger partial charge on any atom is 0.257 e. The first-order valence-corrected chi connectivity index (χ1v) is 7.06. The highest BCUT2D eigenvalue weighted by atomic mass is 32.1. The Morgan fingerprint density at radius 1 is 1.26 bits per heavy atom. The zero-order chi connectivity index (χ0) is 13.2. The van der Waals surface area contributed by atoms with Crippen LogP contribution < -0.4 is 10.9 Å². The summed E-state index contributed by atoms with van der Waals surface area (Å²) in [6, 6.07) is 9.57. The molecule has 0 aliphatic heterocycles. The van der Waals surface area contributed by atoms with E-state index in [0.717, 1.165) is 23.1 Å². The van der Waals surface area contributed by atoms with Gasteiger partial charge in [-0.05, 0) is 46.3 Å². The second-order valence-corrected chi connectivity index (χ2v) is 5.28. The summed E-state index contributed by atoms with van der Waals surface area (Å²) in [7, 11) is 0. The molecule has 2 heterocycles. The average Bonchev–Trinajstić information content (AvgIpc) is 2.82. The number of hydrogen-bond acceptors (Lipinski definition) is 3. The molecule has 0 aliphatic carbocycles. The SMILES string of the molecule is Cc1cscc1CNc1cc2ccccc2c(=O)[nH]1. The third-order valence-corrected chi connectivity index (χ3v) is 4.09. The Bertz CT molecular complexity index is 773. The maximum absolute atomic E-state index is 11.9. The van der Waals surface area contributed by atoms with Gasteiger partial charge in [0.1, 0.15) is 5.82 Å². The van der Waals surface area contributed by atoms with Crippen LogP contribution in [0.25, 0.3) is 10.8 Å². The third-order valence-electron chi connectivity index (χ3n) is 3.18. The van der Waals surface area contributed by atoms with E-state index in [9.17, 15) is 4.79 Å². The number of benzene rings is 1. The van der Waals surface area contributed by atoms with Crippen molar-refractivity contribution < 1.29 is 0 Å². The molecule has 2 N–H and O–H groups in total. The van der Waals surface area contributed by atoms with Gasteiger partial charge in [-0.15, -0.1) is 0 Å². The van der Waals surface area contributed by atoms with E-state index in [1.54, 1.807) is 11.3 Å². The van der Waals surface area contributed by atoms with Crippen molar-refractivity contribution in [1.29, 1.82) is 0 Å². The largest absolute Gasteiger partial charge is 0.367 e. The van der Waals surface area contributed by atoms with Crippen molar-refractivity contribution in [3.05, 3.63) is 62.6 Å². The van der Waals surface area contributed by atoms with Gasteiger partial charge in [-0.2, -0.15) is 11.3 Å². The highest BCUT2D eigenvalue weighted by molar-refractivity contribution is 7.08. The summed E-state index contributed by atoms with van der Waals surface area (Å²) in [5.41, 5.74) is 2.49. The van der Waals surface area contributed by atoms with E-state index < -0.39 is 0 Å². The first kappa shape index (κ1) is 12.0. The monoisotopic (exact) mass is 270 g/mol. The van der Waals surface area contributed by atoms with Crippen LogP contribution in [0, 0.1) is 6.92 Å². The molecule has 0 aliphatic rings. The number of pyridine rings is 1. The summed E-state index contributed by atoms with van der Waals surface area (Å²) in [4.78, 5) is 14.8. The number of nitrogens with one attached hydrogen (secondary N) is 2. The van der Waals surface area contributed by atoms with Gasteiger partial charge in [0.2, 0.25) is 0 Å². The second-order valence-electron chi connectivity index (χ2n) is 4.53. The minimum absolute atomic E-state index is 0.0531. The predicted octanol–water partition coefficient (Wildman–Crippen LogP) is 3.51. The molecule has 0 amide bonds. The molecule has 0 spiro atoms. The summed E-state index contributed by atoms with van der Waals surface area (Å²) < 4.78 is 0. The summed E-state index contributed by atoms with van der Waals surface area (Å²) >= 11 is 1.70. The van der Waals surface area contributed by atoms with Gasteiger partial charge in [0.15, 0.2) is 0 Å². The Balaban J connectivity index is 1.90. The van der Waals surface area contributed by atoms with E-state index in [0.29, 0.717) is 0 Å². The van der Waals surface area contributed by atoms with Crippen LogP contribution in [0.1, 0.15) is 11.1 Å². The van der Waals surface area contributed by atoms with Gasteiger partial charge in [-0.25, -0.2) is 0 Å². The van der Waals surface area contributed by atoms with Gasteiger partial charge < -0.3 is 10.3 Å². The maximum atomic E-state index is 11.9. The van der Waals surface area contributed by atoms with E-state index in [2.05, 4.69) is 28.0 Å². The Morgan fingerprint density at radius 2 is 2.11 bits per heavy atom. The molecule has 3 rings (SSSR count). The van der Waals surface area contributed by atoms with E-state index in [-0.39, 0.29) is 5.56 Å². The molecule has 96 valence electrons. The number of aryl methyl sites for hydroxylation is 1. The smallest absolute Gasteiger partial charge is 0.257 e. The van der Waals surface area contributed by atoms with Crippen LogP contribution in [0.5, 0.6) is 0 Å². The van der Waals surface area contributed by atoms with Crippen LogP contribution in [0.3, 0.4) is 0 Å². The molecule has 3 aromatic rings. The minimum Gasteiger partial charge on any atom is -0.367 e. The second kappa shape index (κ2) is 4.90. The molecule has 0 fully saturated rings. The van der Waals surface area contributed by atoms with Crippen molar-refractivity contribution in [1.82, 2.24) is 4.98 Å². The fourth-order valence-corrected chi connectivity index (χ4v) is 2.92. The molecule has 3 nitrogen and oxygen atoms in total. The van der Waals surface area contributed by atoms with Crippen LogP contribution in [-0.2, 0) is 6.54 Å². The number of anilines is 1. The van der Waals surface area contributed by atoms with Gasteiger partial charge in [0, 0.05) is 11.9 Å². The van der Waals surface area contributed by atoms with Gasteiger partial charge >= 0.3 is 0 Å². The summed E-state index contributed by atoms with van der Waals surface area (Å²) in [5.74, 6) is 0.759. The van der Waals surface area contributed by atoms with Gasteiger partial charge in [-0.3, -0.25) is 4.79 Å². The molecule has 0 saturated heterocycles. The van der Waals surface area contributed by atoms with Crippen molar-refractivity contribution in [2.24, 2.45) is 0 Å². The first-order chi connectivity index (χ1) is 9.24. The molecule has 19 heavy (non-hydrogen) atoms. The standard InChI is InChI=1S/C15H14N2OS/c1-10-8-19-9-12(10)7-16-14-6-11-4-2-3-5-13(11)15(18)17-14/h2-6,8-9H,7H2,1H3,(H2,16,17,18). The number of aromatic nitrogens is 1. The lowest BCUT2D eigenvalue weighted by Crippen LogP contribution is -2.10. The van der Waals surface area contributed by atoms with E-state index in [4.69, 9.17) is 0 Å². The van der Waals surface area contributed by atoms with Crippen LogP contribution in [-0.4, -0.2) is 4.98 Å².